The van der Waals surface area contributed by atoms with Gasteiger partial charge < -0.3 is 10.1 Å². The fourth-order valence-corrected chi connectivity index (χ4v) is 1.44. The third-order valence-corrected chi connectivity index (χ3v) is 2.55. The summed E-state index contributed by atoms with van der Waals surface area (Å²) in [4.78, 5) is 10.8. The summed E-state index contributed by atoms with van der Waals surface area (Å²) in [5.41, 5.74) is 0. The Morgan fingerprint density at radius 2 is 1.74 bits per heavy atom. The lowest BCUT2D eigenvalue weighted by Gasteiger charge is -2.27. The van der Waals surface area contributed by atoms with E-state index in [4.69, 9.17) is 4.74 Å². The van der Waals surface area contributed by atoms with E-state index in [1.165, 1.54) is 5.32 Å². The number of rotatable bonds is 4. The molecule has 0 aromatic carbocycles. The van der Waals surface area contributed by atoms with Gasteiger partial charge in [-0.1, -0.05) is 0 Å². The normalized spacial score (nSPS) is 21.5. The zero-order chi connectivity index (χ0) is 14.9. The summed E-state index contributed by atoms with van der Waals surface area (Å²) >= 11 is 0. The van der Waals surface area contributed by atoms with E-state index in [2.05, 4.69) is 0 Å². The largest absolute Gasteiger partial charge is 0.460 e. The van der Waals surface area contributed by atoms with Crippen molar-refractivity contribution in [1.82, 2.24) is 5.32 Å². The third kappa shape index (κ3) is 3.10. The molecule has 0 aliphatic carbocycles. The Balaban J connectivity index is 2.67. The van der Waals surface area contributed by atoms with Crippen LogP contribution in [-0.4, -0.2) is 43.2 Å². The van der Waals surface area contributed by atoms with E-state index in [1.54, 1.807) is 0 Å². The maximum atomic E-state index is 12.8. The van der Waals surface area contributed by atoms with Gasteiger partial charge >= 0.3 is 18.0 Å². The molecular formula is C9H10F7NO2. The minimum atomic E-state index is -6.52. The van der Waals surface area contributed by atoms with Crippen molar-refractivity contribution >= 4 is 5.91 Å². The molecule has 1 saturated heterocycles. The summed E-state index contributed by atoms with van der Waals surface area (Å²) in [7, 11) is 0. The summed E-state index contributed by atoms with van der Waals surface area (Å²) < 4.78 is 91.0. The lowest BCUT2D eigenvalue weighted by atomic mass is 10.1. The maximum absolute atomic E-state index is 12.8. The van der Waals surface area contributed by atoms with Gasteiger partial charge in [-0.25, -0.2) is 0 Å². The lowest BCUT2D eigenvalue weighted by molar-refractivity contribution is -0.344. The number of hydrogen-bond donors (Lipinski definition) is 1. The molecule has 112 valence electrons. The Kier molecular flexibility index (Phi) is 4.33. The van der Waals surface area contributed by atoms with E-state index in [0.29, 0.717) is 19.4 Å². The molecule has 1 N–H and O–H groups in total. The molecule has 0 saturated carbocycles. The number of nitrogens with one attached hydrogen (secondary N) is 1. The van der Waals surface area contributed by atoms with E-state index in [-0.39, 0.29) is 0 Å². The van der Waals surface area contributed by atoms with Crippen LogP contribution in [0.25, 0.3) is 0 Å². The van der Waals surface area contributed by atoms with Gasteiger partial charge in [0, 0.05) is 13.2 Å². The van der Waals surface area contributed by atoms with Crippen molar-refractivity contribution in [2.45, 2.75) is 37.0 Å². The smallest absolute Gasteiger partial charge is 0.376 e. The molecule has 1 aliphatic rings. The number of carbonyl (C=O) groups is 1. The minimum Gasteiger partial charge on any atom is -0.376 e. The lowest BCUT2D eigenvalue weighted by Crippen LogP contribution is -2.59. The van der Waals surface area contributed by atoms with Crippen molar-refractivity contribution < 1.29 is 40.3 Å². The number of ether oxygens (including phenoxy) is 1. The highest BCUT2D eigenvalue weighted by Gasteiger charge is 2.76. The van der Waals surface area contributed by atoms with Gasteiger partial charge in [-0.15, -0.1) is 0 Å². The van der Waals surface area contributed by atoms with Gasteiger partial charge in [-0.2, -0.15) is 30.7 Å². The summed E-state index contributed by atoms with van der Waals surface area (Å²) in [5.74, 6) is -15.0. The van der Waals surface area contributed by atoms with E-state index >= 15 is 0 Å². The van der Waals surface area contributed by atoms with E-state index in [1.807, 2.05) is 0 Å². The van der Waals surface area contributed by atoms with Gasteiger partial charge in [0.2, 0.25) is 0 Å². The molecule has 0 spiro atoms. The minimum absolute atomic E-state index is 0.315. The Bertz CT molecular complexity index is 336. The van der Waals surface area contributed by atoms with E-state index in [9.17, 15) is 35.5 Å². The molecule has 0 unspecified atom stereocenters. The maximum Gasteiger partial charge on any atom is 0.460 e. The number of hydrogen-bond acceptors (Lipinski definition) is 2. The van der Waals surface area contributed by atoms with Gasteiger partial charge in [-0.3, -0.25) is 4.79 Å². The van der Waals surface area contributed by atoms with Crippen LogP contribution >= 0.6 is 0 Å². The van der Waals surface area contributed by atoms with Crippen molar-refractivity contribution in [3.05, 3.63) is 0 Å². The molecule has 0 aromatic heterocycles. The SMILES string of the molecule is O=C(NC[C@H]1CCCO1)C(F)(F)C(F)(F)C(F)(F)F. The van der Waals surface area contributed by atoms with Crippen LogP contribution in [0.5, 0.6) is 0 Å². The number of carbonyl (C=O) groups excluding carboxylic acids is 1. The molecule has 0 bridgehead atoms. The second-order valence-corrected chi connectivity index (χ2v) is 3.99. The Morgan fingerprint density at radius 1 is 1.16 bits per heavy atom. The van der Waals surface area contributed by atoms with Gasteiger partial charge in [0.05, 0.1) is 6.10 Å². The average Bonchev–Trinajstić information content (AvgIpc) is 2.76. The molecular weight excluding hydrogens is 287 g/mol. The fraction of sp³-hybridized carbons (Fsp3) is 0.889. The van der Waals surface area contributed by atoms with Gasteiger partial charge in [0.15, 0.2) is 0 Å². The topological polar surface area (TPSA) is 38.3 Å². The molecule has 10 heteroatoms. The summed E-state index contributed by atoms with van der Waals surface area (Å²) in [6.07, 6.45) is -6.17. The molecule has 1 fully saturated rings. The number of alkyl halides is 7. The van der Waals surface area contributed by atoms with Crippen LogP contribution < -0.4 is 5.32 Å². The summed E-state index contributed by atoms with van der Waals surface area (Å²) in [6, 6.07) is 0. The van der Waals surface area contributed by atoms with E-state index in [0.717, 1.165) is 0 Å². The molecule has 1 aliphatic heterocycles. The quantitative estimate of drug-likeness (QED) is 0.807. The predicted molar refractivity (Wildman–Crippen MR) is 47.9 cm³/mol. The molecule has 3 nitrogen and oxygen atoms in total. The number of amides is 1. The van der Waals surface area contributed by atoms with E-state index < -0.39 is 36.6 Å². The van der Waals surface area contributed by atoms with Crippen LogP contribution in [0.1, 0.15) is 12.8 Å². The standard InChI is InChI=1S/C9H10F7NO2/c10-7(11,8(12,13)9(14,15)16)6(18)17-4-5-2-1-3-19-5/h5H,1-4H2,(H,17,18)/t5-/m1/s1. The van der Waals surface area contributed by atoms with Crippen LogP contribution in [0.15, 0.2) is 0 Å². The highest BCUT2D eigenvalue weighted by Crippen LogP contribution is 2.46. The van der Waals surface area contributed by atoms with Crippen molar-refractivity contribution in [2.24, 2.45) is 0 Å². The Labute approximate surface area is 103 Å². The first-order chi connectivity index (χ1) is 8.50. The molecule has 1 atom stereocenters. The molecule has 0 radical (unpaired) electrons. The molecule has 0 aromatic rings. The molecule has 1 amide bonds. The van der Waals surface area contributed by atoms with Gasteiger partial charge in [0.25, 0.3) is 5.91 Å². The highest BCUT2D eigenvalue weighted by molar-refractivity contribution is 5.84. The van der Waals surface area contributed by atoms with Gasteiger partial charge in [0.1, 0.15) is 0 Å². The van der Waals surface area contributed by atoms with Crippen molar-refractivity contribution in [1.29, 1.82) is 0 Å². The first-order valence-electron chi connectivity index (χ1n) is 5.22. The van der Waals surface area contributed by atoms with Crippen molar-refractivity contribution in [3.63, 3.8) is 0 Å². The molecule has 1 heterocycles. The fourth-order valence-electron chi connectivity index (χ4n) is 1.44. The second kappa shape index (κ2) is 5.14. The first-order valence-corrected chi connectivity index (χ1v) is 5.22. The van der Waals surface area contributed by atoms with Crippen LogP contribution in [-0.2, 0) is 9.53 Å². The monoisotopic (exact) mass is 297 g/mol. The predicted octanol–water partition coefficient (Wildman–Crippen LogP) is 2.11. The first kappa shape index (κ1) is 16.0. The third-order valence-electron chi connectivity index (χ3n) is 2.55. The van der Waals surface area contributed by atoms with Crippen LogP contribution in [0.2, 0.25) is 0 Å². The second-order valence-electron chi connectivity index (χ2n) is 3.99. The Hall–Kier alpha value is -1.06. The van der Waals surface area contributed by atoms with Crippen LogP contribution in [0.4, 0.5) is 30.7 Å². The zero-order valence-electron chi connectivity index (χ0n) is 9.37. The number of halogens is 7. The highest BCUT2D eigenvalue weighted by atomic mass is 19.4. The van der Waals surface area contributed by atoms with Crippen molar-refractivity contribution in [2.75, 3.05) is 13.2 Å². The average molecular weight is 297 g/mol. The zero-order valence-corrected chi connectivity index (χ0v) is 9.37. The molecule has 1 rings (SSSR count). The Morgan fingerprint density at radius 3 is 2.16 bits per heavy atom. The summed E-state index contributed by atoms with van der Waals surface area (Å²) in [5, 5.41) is 1.35. The van der Waals surface area contributed by atoms with Crippen LogP contribution in [0.3, 0.4) is 0 Å². The molecule has 19 heavy (non-hydrogen) atoms. The van der Waals surface area contributed by atoms with Gasteiger partial charge in [-0.05, 0) is 12.8 Å². The summed E-state index contributed by atoms with van der Waals surface area (Å²) in [6.45, 7) is -0.224. The van der Waals surface area contributed by atoms with Crippen LogP contribution in [0, 0.1) is 0 Å². The van der Waals surface area contributed by atoms with Crippen molar-refractivity contribution in [3.8, 4) is 0 Å².